The van der Waals surface area contributed by atoms with Crippen molar-refractivity contribution in [2.75, 3.05) is 0 Å². The number of rotatable bonds is 2. The second-order valence-electron chi connectivity index (χ2n) is 2.53. The van der Waals surface area contributed by atoms with Crippen LogP contribution in [0.3, 0.4) is 0 Å². The van der Waals surface area contributed by atoms with E-state index in [1.165, 1.54) is 6.08 Å². The first-order valence-electron chi connectivity index (χ1n) is 3.87. The average molecular weight is 185 g/mol. The molecule has 1 unspecified atom stereocenters. The quantitative estimate of drug-likeness (QED) is 0.547. The van der Waals surface area contributed by atoms with Gasteiger partial charge in [0.25, 0.3) is 0 Å². The predicted molar refractivity (Wildman–Crippen MR) is 49.4 cm³/mol. The molecule has 4 nitrogen and oxygen atoms in total. The molecule has 1 rings (SSSR count). The van der Waals surface area contributed by atoms with Crippen LogP contribution in [-0.2, 0) is 0 Å². The van der Waals surface area contributed by atoms with E-state index in [0.717, 1.165) is 0 Å². The molecule has 1 heterocycles. The molecular weight excluding hydrogens is 178 g/mol. The third-order valence-corrected chi connectivity index (χ3v) is 1.55. The zero-order chi connectivity index (χ0) is 10.4. The minimum absolute atomic E-state index is 0.0144. The summed E-state index contributed by atoms with van der Waals surface area (Å²) in [6, 6.07) is 6.78. The van der Waals surface area contributed by atoms with E-state index in [0.29, 0.717) is 5.56 Å². The number of nitriles is 2. The van der Waals surface area contributed by atoms with E-state index in [1.54, 1.807) is 36.7 Å². The molecule has 1 atom stereocenters. The summed E-state index contributed by atoms with van der Waals surface area (Å²) in [6.45, 7) is 0. The first-order valence-corrected chi connectivity index (χ1v) is 3.87. The Morgan fingerprint density at radius 3 is 2.86 bits per heavy atom. The maximum atomic E-state index is 9.11. The molecule has 0 saturated heterocycles. The number of hydrogen-bond acceptors (Lipinski definition) is 4. The van der Waals surface area contributed by atoms with Gasteiger partial charge in [0.1, 0.15) is 0 Å². The lowest BCUT2D eigenvalue weighted by Gasteiger charge is -1.98. The summed E-state index contributed by atoms with van der Waals surface area (Å²) in [5, 5.41) is 26.2. The standard InChI is InChI=1S/C10H7N3O/c11-5-9(10(14)6-12)4-8-2-1-3-13-7-8/h1-4,7,10,14H/b9-4-. The highest BCUT2D eigenvalue weighted by atomic mass is 16.3. The maximum Gasteiger partial charge on any atom is 0.175 e. The van der Waals surface area contributed by atoms with Crippen molar-refractivity contribution < 1.29 is 5.11 Å². The van der Waals surface area contributed by atoms with E-state index in [-0.39, 0.29) is 5.57 Å². The molecule has 1 N–H and O–H groups in total. The summed E-state index contributed by atoms with van der Waals surface area (Å²) in [7, 11) is 0. The molecule has 0 aliphatic heterocycles. The highest BCUT2D eigenvalue weighted by Crippen LogP contribution is 2.07. The molecule has 68 valence electrons. The van der Waals surface area contributed by atoms with Crippen LogP contribution in [-0.4, -0.2) is 16.2 Å². The molecule has 0 aromatic carbocycles. The Bertz CT molecular complexity index is 411. The Hall–Kier alpha value is -2.17. The number of aliphatic hydroxyl groups is 1. The Balaban J connectivity index is 2.99. The molecular formula is C10H7N3O. The van der Waals surface area contributed by atoms with Crippen LogP contribution in [0, 0.1) is 22.7 Å². The number of aliphatic hydroxyl groups excluding tert-OH is 1. The van der Waals surface area contributed by atoms with Crippen molar-refractivity contribution in [3.8, 4) is 12.1 Å². The Labute approximate surface area is 81.4 Å². The lowest BCUT2D eigenvalue weighted by atomic mass is 10.1. The van der Waals surface area contributed by atoms with E-state index in [1.807, 2.05) is 0 Å². The van der Waals surface area contributed by atoms with Crippen LogP contribution in [0.2, 0.25) is 0 Å². The number of nitrogens with zero attached hydrogens (tertiary/aromatic N) is 3. The van der Waals surface area contributed by atoms with Gasteiger partial charge in [0.2, 0.25) is 0 Å². The molecule has 0 fully saturated rings. The van der Waals surface area contributed by atoms with Gasteiger partial charge < -0.3 is 5.11 Å². The van der Waals surface area contributed by atoms with Gasteiger partial charge in [-0.1, -0.05) is 6.07 Å². The monoisotopic (exact) mass is 185 g/mol. The molecule has 0 spiro atoms. The first-order chi connectivity index (χ1) is 6.77. The Morgan fingerprint density at radius 1 is 1.57 bits per heavy atom. The maximum absolute atomic E-state index is 9.11. The van der Waals surface area contributed by atoms with Crippen molar-refractivity contribution in [1.29, 1.82) is 10.5 Å². The summed E-state index contributed by atoms with van der Waals surface area (Å²) in [4.78, 5) is 3.84. The minimum Gasteiger partial charge on any atom is -0.373 e. The van der Waals surface area contributed by atoms with Crippen molar-refractivity contribution in [3.05, 3.63) is 35.7 Å². The van der Waals surface area contributed by atoms with Crippen LogP contribution in [0.4, 0.5) is 0 Å². The van der Waals surface area contributed by atoms with Gasteiger partial charge >= 0.3 is 0 Å². The average Bonchev–Trinajstić information content (AvgIpc) is 2.26. The second kappa shape index (κ2) is 4.76. The zero-order valence-electron chi connectivity index (χ0n) is 7.25. The van der Waals surface area contributed by atoms with Gasteiger partial charge in [-0.3, -0.25) is 4.98 Å². The molecule has 0 saturated carbocycles. The topological polar surface area (TPSA) is 80.7 Å². The van der Waals surface area contributed by atoms with Crippen LogP contribution < -0.4 is 0 Å². The largest absolute Gasteiger partial charge is 0.373 e. The van der Waals surface area contributed by atoms with E-state index >= 15 is 0 Å². The molecule has 14 heavy (non-hydrogen) atoms. The molecule has 0 aliphatic rings. The second-order valence-corrected chi connectivity index (χ2v) is 2.53. The molecule has 0 aliphatic carbocycles. The van der Waals surface area contributed by atoms with Crippen LogP contribution >= 0.6 is 0 Å². The van der Waals surface area contributed by atoms with E-state index in [9.17, 15) is 0 Å². The first kappa shape index (κ1) is 9.91. The van der Waals surface area contributed by atoms with Crippen molar-refractivity contribution in [1.82, 2.24) is 4.98 Å². The summed E-state index contributed by atoms with van der Waals surface area (Å²) >= 11 is 0. The smallest absolute Gasteiger partial charge is 0.175 e. The summed E-state index contributed by atoms with van der Waals surface area (Å²) in [5.74, 6) is 0. The van der Waals surface area contributed by atoms with Gasteiger partial charge in [-0.25, -0.2) is 0 Å². The van der Waals surface area contributed by atoms with Crippen LogP contribution in [0.5, 0.6) is 0 Å². The van der Waals surface area contributed by atoms with E-state index in [2.05, 4.69) is 4.98 Å². The van der Waals surface area contributed by atoms with Crippen molar-refractivity contribution in [2.45, 2.75) is 6.10 Å². The number of hydrogen-bond donors (Lipinski definition) is 1. The fourth-order valence-corrected chi connectivity index (χ4v) is 0.883. The summed E-state index contributed by atoms with van der Waals surface area (Å²) in [5.41, 5.74) is 0.693. The normalized spacial score (nSPS) is 12.6. The summed E-state index contributed by atoms with van der Waals surface area (Å²) < 4.78 is 0. The third-order valence-electron chi connectivity index (χ3n) is 1.55. The van der Waals surface area contributed by atoms with Gasteiger partial charge in [0.15, 0.2) is 6.10 Å². The Morgan fingerprint density at radius 2 is 2.36 bits per heavy atom. The molecule has 1 aromatic heterocycles. The predicted octanol–water partition coefficient (Wildman–Crippen LogP) is 0.873. The van der Waals surface area contributed by atoms with Crippen molar-refractivity contribution >= 4 is 6.08 Å². The van der Waals surface area contributed by atoms with Gasteiger partial charge in [0.05, 0.1) is 17.7 Å². The van der Waals surface area contributed by atoms with Crippen LogP contribution in [0.1, 0.15) is 5.56 Å². The molecule has 1 aromatic rings. The highest BCUT2D eigenvalue weighted by Gasteiger charge is 2.08. The van der Waals surface area contributed by atoms with Crippen LogP contribution in [0.15, 0.2) is 30.1 Å². The molecule has 4 heteroatoms. The third kappa shape index (κ3) is 2.41. The lowest BCUT2D eigenvalue weighted by Crippen LogP contribution is -2.04. The van der Waals surface area contributed by atoms with Gasteiger partial charge in [0, 0.05) is 12.4 Å². The Kier molecular flexibility index (Phi) is 3.37. The minimum atomic E-state index is -1.37. The van der Waals surface area contributed by atoms with E-state index in [4.69, 9.17) is 15.6 Å². The molecule has 0 amide bonds. The van der Waals surface area contributed by atoms with Gasteiger partial charge in [-0.2, -0.15) is 10.5 Å². The van der Waals surface area contributed by atoms with Crippen LogP contribution in [0.25, 0.3) is 6.08 Å². The number of pyridine rings is 1. The fraction of sp³-hybridized carbons (Fsp3) is 0.100. The highest BCUT2D eigenvalue weighted by molar-refractivity contribution is 5.58. The zero-order valence-corrected chi connectivity index (χ0v) is 7.25. The SMILES string of the molecule is N#C/C(=C/c1cccnc1)C(O)C#N. The number of aromatic nitrogens is 1. The van der Waals surface area contributed by atoms with E-state index < -0.39 is 6.10 Å². The van der Waals surface area contributed by atoms with Crippen molar-refractivity contribution in [3.63, 3.8) is 0 Å². The van der Waals surface area contributed by atoms with Crippen molar-refractivity contribution in [2.24, 2.45) is 0 Å². The summed E-state index contributed by atoms with van der Waals surface area (Å²) in [6.07, 6.45) is 3.20. The lowest BCUT2D eigenvalue weighted by molar-refractivity contribution is 0.271. The molecule has 0 bridgehead atoms. The molecule has 0 radical (unpaired) electrons. The van der Waals surface area contributed by atoms with Gasteiger partial charge in [-0.15, -0.1) is 0 Å². The fourth-order valence-electron chi connectivity index (χ4n) is 0.883. The van der Waals surface area contributed by atoms with Gasteiger partial charge in [-0.05, 0) is 17.7 Å².